The van der Waals surface area contributed by atoms with Crippen LogP contribution in [0.1, 0.15) is 48.1 Å². The molecule has 0 aliphatic carbocycles. The van der Waals surface area contributed by atoms with Crippen LogP contribution in [0.15, 0.2) is 30.7 Å². The molecule has 1 aromatic carbocycles. The molecule has 4 aromatic rings. The average Bonchev–Trinajstić information content (AvgIpc) is 3.38. The molecule has 0 saturated carbocycles. The summed E-state index contributed by atoms with van der Waals surface area (Å²) in [5.41, 5.74) is 9.57. The van der Waals surface area contributed by atoms with Gasteiger partial charge in [-0.1, -0.05) is 11.6 Å². The van der Waals surface area contributed by atoms with E-state index in [2.05, 4.69) is 30.5 Å². The van der Waals surface area contributed by atoms with E-state index in [-0.39, 0.29) is 23.3 Å². The van der Waals surface area contributed by atoms with Crippen molar-refractivity contribution in [2.45, 2.75) is 32.2 Å². The van der Waals surface area contributed by atoms with Crippen LogP contribution in [0.3, 0.4) is 0 Å². The first-order valence-corrected chi connectivity index (χ1v) is 10.7. The Morgan fingerprint density at radius 1 is 1.32 bits per heavy atom. The van der Waals surface area contributed by atoms with E-state index < -0.39 is 0 Å². The molecule has 1 unspecified atom stereocenters. The largest absolute Gasteiger partial charge is 0.381 e. The summed E-state index contributed by atoms with van der Waals surface area (Å²) in [5, 5.41) is 16.0. The van der Waals surface area contributed by atoms with Gasteiger partial charge in [0.2, 0.25) is 0 Å². The maximum Gasteiger partial charge on any atom is 0.259 e. The summed E-state index contributed by atoms with van der Waals surface area (Å²) >= 11 is 6.56. The quantitative estimate of drug-likeness (QED) is 0.450. The molecule has 0 bridgehead atoms. The Morgan fingerprint density at radius 2 is 2.13 bits per heavy atom. The minimum Gasteiger partial charge on any atom is -0.381 e. The second kappa shape index (κ2) is 7.73. The molecule has 3 aromatic heterocycles. The molecule has 5 rings (SSSR count). The molecule has 0 radical (unpaired) electrons. The molecule has 1 fully saturated rings. The zero-order valence-electron chi connectivity index (χ0n) is 17.1. The lowest BCUT2D eigenvalue weighted by atomic mass is 10.00. The lowest BCUT2D eigenvalue weighted by Gasteiger charge is -2.32. The van der Waals surface area contributed by atoms with Gasteiger partial charge in [-0.15, -0.1) is 5.10 Å². The van der Waals surface area contributed by atoms with E-state index in [1.807, 2.05) is 13.0 Å². The van der Waals surface area contributed by atoms with E-state index in [4.69, 9.17) is 17.3 Å². The predicted molar refractivity (Wildman–Crippen MR) is 120 cm³/mol. The van der Waals surface area contributed by atoms with E-state index in [1.165, 1.54) is 10.9 Å². The van der Waals surface area contributed by atoms with Crippen LogP contribution in [-0.4, -0.2) is 43.8 Å². The lowest BCUT2D eigenvalue weighted by Crippen LogP contribution is -2.33. The molecule has 1 atom stereocenters. The number of amides is 1. The zero-order chi connectivity index (χ0) is 21.5. The molecule has 10 heteroatoms. The molecule has 31 heavy (non-hydrogen) atoms. The van der Waals surface area contributed by atoms with Crippen LogP contribution >= 0.6 is 11.6 Å². The molecule has 1 aliphatic heterocycles. The number of nitrogens with one attached hydrogen (secondary N) is 2. The molecule has 4 N–H and O–H groups in total. The molecule has 0 spiro atoms. The SMILES string of the molecule is CC(NC(=O)c1c(N)nn2cccnc12)c1cc(Cl)c2cn[nH]c2c1N1CCCCC1. The highest BCUT2D eigenvalue weighted by Crippen LogP contribution is 2.38. The molecule has 160 valence electrons. The third kappa shape index (κ3) is 3.34. The van der Waals surface area contributed by atoms with Crippen molar-refractivity contribution in [3.05, 3.63) is 46.9 Å². The van der Waals surface area contributed by atoms with Crippen LogP contribution in [0.25, 0.3) is 16.6 Å². The number of aromatic amines is 1. The monoisotopic (exact) mass is 438 g/mol. The Balaban J connectivity index is 1.54. The number of nitrogens with two attached hydrogens (primary N) is 1. The van der Waals surface area contributed by atoms with Crippen molar-refractivity contribution in [3.63, 3.8) is 0 Å². The Bertz CT molecular complexity index is 1270. The number of halogens is 1. The fourth-order valence-electron chi connectivity index (χ4n) is 4.33. The highest BCUT2D eigenvalue weighted by atomic mass is 35.5. The van der Waals surface area contributed by atoms with Gasteiger partial charge in [-0.3, -0.25) is 9.89 Å². The number of rotatable bonds is 4. The summed E-state index contributed by atoms with van der Waals surface area (Å²) in [6.07, 6.45) is 8.53. The Kier molecular flexibility index (Phi) is 4.90. The van der Waals surface area contributed by atoms with Gasteiger partial charge in [0.1, 0.15) is 5.56 Å². The summed E-state index contributed by atoms with van der Waals surface area (Å²) in [7, 11) is 0. The maximum atomic E-state index is 13.2. The molecule has 1 amide bonds. The van der Waals surface area contributed by atoms with Crippen molar-refractivity contribution in [2.75, 3.05) is 23.7 Å². The van der Waals surface area contributed by atoms with E-state index in [0.717, 1.165) is 48.1 Å². The van der Waals surface area contributed by atoms with Crippen molar-refractivity contribution in [3.8, 4) is 0 Å². The van der Waals surface area contributed by atoms with Crippen LogP contribution in [0.5, 0.6) is 0 Å². The van der Waals surface area contributed by atoms with Crippen LogP contribution in [-0.2, 0) is 0 Å². The maximum absolute atomic E-state index is 13.2. The van der Waals surface area contributed by atoms with E-state index >= 15 is 0 Å². The molecule has 4 heterocycles. The van der Waals surface area contributed by atoms with Crippen molar-refractivity contribution in [2.24, 2.45) is 0 Å². The minimum absolute atomic E-state index is 0.140. The first kappa shape index (κ1) is 19.6. The van der Waals surface area contributed by atoms with E-state index in [0.29, 0.717) is 10.7 Å². The van der Waals surface area contributed by atoms with Crippen molar-refractivity contribution in [1.29, 1.82) is 0 Å². The van der Waals surface area contributed by atoms with Crippen LogP contribution in [0.4, 0.5) is 11.5 Å². The van der Waals surface area contributed by atoms with E-state index in [1.54, 1.807) is 24.7 Å². The van der Waals surface area contributed by atoms with Gasteiger partial charge in [0.05, 0.1) is 28.5 Å². The summed E-state index contributed by atoms with van der Waals surface area (Å²) in [6.45, 7) is 3.84. The van der Waals surface area contributed by atoms with Gasteiger partial charge >= 0.3 is 0 Å². The average molecular weight is 439 g/mol. The number of nitrogens with zero attached hydrogens (tertiary/aromatic N) is 5. The smallest absolute Gasteiger partial charge is 0.259 e. The summed E-state index contributed by atoms with van der Waals surface area (Å²) in [5.74, 6) is -0.189. The standard InChI is InChI=1S/C21H23ClN8O/c1-12(26-21(31)16-19(23)28-30-9-5-6-24-20(16)30)13-10-15(22)14-11-25-27-17(14)18(13)29-7-3-2-4-8-29/h5-6,9-12H,2-4,7-8H2,1H3,(H2,23,28)(H,25,27)(H,26,31). The second-order valence-electron chi connectivity index (χ2n) is 7.85. The first-order valence-electron chi connectivity index (χ1n) is 10.3. The van der Waals surface area contributed by atoms with Gasteiger partial charge < -0.3 is 16.0 Å². The summed E-state index contributed by atoms with van der Waals surface area (Å²) < 4.78 is 1.50. The van der Waals surface area contributed by atoms with Gasteiger partial charge in [0.15, 0.2) is 11.5 Å². The summed E-state index contributed by atoms with van der Waals surface area (Å²) in [6, 6.07) is 3.33. The second-order valence-corrected chi connectivity index (χ2v) is 8.25. The van der Waals surface area contributed by atoms with Crippen molar-refractivity contribution in [1.82, 2.24) is 30.1 Å². The number of piperidine rings is 1. The van der Waals surface area contributed by atoms with Gasteiger partial charge in [-0.2, -0.15) is 5.10 Å². The van der Waals surface area contributed by atoms with Gasteiger partial charge in [-0.05, 0) is 38.3 Å². The zero-order valence-corrected chi connectivity index (χ0v) is 17.9. The Hall–Kier alpha value is -3.33. The van der Waals surface area contributed by atoms with Gasteiger partial charge in [0, 0.05) is 36.4 Å². The number of nitrogen functional groups attached to an aromatic ring is 1. The molecular formula is C21H23ClN8O. The number of hydrogen-bond acceptors (Lipinski definition) is 6. The topological polar surface area (TPSA) is 117 Å². The number of H-pyrrole nitrogens is 1. The number of benzene rings is 1. The van der Waals surface area contributed by atoms with Gasteiger partial charge in [-0.25, -0.2) is 9.50 Å². The van der Waals surface area contributed by atoms with Crippen molar-refractivity contribution >= 4 is 45.6 Å². The van der Waals surface area contributed by atoms with E-state index in [9.17, 15) is 4.79 Å². The van der Waals surface area contributed by atoms with Crippen LogP contribution in [0.2, 0.25) is 5.02 Å². The van der Waals surface area contributed by atoms with Crippen molar-refractivity contribution < 1.29 is 4.79 Å². The first-order chi connectivity index (χ1) is 15.0. The normalized spacial score (nSPS) is 15.5. The number of carbonyl (C=O) groups is 1. The fourth-order valence-corrected chi connectivity index (χ4v) is 4.59. The summed E-state index contributed by atoms with van der Waals surface area (Å²) in [4.78, 5) is 19.8. The third-order valence-electron chi connectivity index (χ3n) is 5.82. The number of anilines is 2. The molecule has 1 saturated heterocycles. The predicted octanol–water partition coefficient (Wildman–Crippen LogP) is 3.32. The minimum atomic E-state index is -0.330. The highest BCUT2D eigenvalue weighted by molar-refractivity contribution is 6.36. The molecular weight excluding hydrogens is 416 g/mol. The molecule has 1 aliphatic rings. The lowest BCUT2D eigenvalue weighted by molar-refractivity contribution is 0.0942. The number of carbonyl (C=O) groups excluding carboxylic acids is 1. The molecule has 9 nitrogen and oxygen atoms in total. The number of hydrogen-bond donors (Lipinski definition) is 3. The number of fused-ring (bicyclic) bond motifs is 2. The fraction of sp³-hybridized carbons (Fsp3) is 0.333. The number of aromatic nitrogens is 5. The van der Waals surface area contributed by atoms with Crippen LogP contribution in [0, 0.1) is 0 Å². The highest BCUT2D eigenvalue weighted by Gasteiger charge is 2.26. The van der Waals surface area contributed by atoms with Gasteiger partial charge in [0.25, 0.3) is 5.91 Å². The van der Waals surface area contributed by atoms with Crippen LogP contribution < -0.4 is 16.0 Å². The Labute approximate surface area is 183 Å². The third-order valence-corrected chi connectivity index (χ3v) is 6.14. The Morgan fingerprint density at radius 3 is 2.94 bits per heavy atom.